The average Bonchev–Trinajstić information content (AvgIpc) is 3.54. The Hall–Kier alpha value is -3.84. The molecule has 3 aromatic rings. The Kier molecular flexibility index (Phi) is 12.1. The van der Waals surface area contributed by atoms with E-state index >= 15 is 0 Å². The van der Waals surface area contributed by atoms with Gasteiger partial charge < -0.3 is 29.0 Å². The van der Waals surface area contributed by atoms with Crippen LogP contribution in [0.2, 0.25) is 0 Å². The zero-order chi connectivity index (χ0) is 35.1. The van der Waals surface area contributed by atoms with Gasteiger partial charge in [-0.15, -0.1) is 0 Å². The molecule has 0 bridgehead atoms. The number of anilines is 1. The molecule has 1 amide bonds. The number of likely N-dealkylation sites (N-methyl/N-ethyl adjacent to an activating group) is 1. The molecular weight excluding hydrogens is 646 g/mol. The van der Waals surface area contributed by atoms with Crippen molar-refractivity contribution in [1.29, 1.82) is 0 Å². The van der Waals surface area contributed by atoms with Crippen molar-refractivity contribution in [3.8, 4) is 17.2 Å². The first-order valence-corrected chi connectivity index (χ1v) is 18.4. The van der Waals surface area contributed by atoms with E-state index in [4.69, 9.17) is 18.9 Å². The van der Waals surface area contributed by atoms with Crippen LogP contribution >= 0.6 is 0 Å². The average molecular weight is 696 g/mol. The monoisotopic (exact) mass is 695 g/mol. The molecule has 0 fully saturated rings. The van der Waals surface area contributed by atoms with E-state index in [0.29, 0.717) is 32.0 Å². The minimum Gasteiger partial charge on any atom is -0.490 e. The Morgan fingerprint density at radius 1 is 1.00 bits per heavy atom. The Bertz CT molecular complexity index is 1680. The summed E-state index contributed by atoms with van der Waals surface area (Å²) in [6, 6.07) is 16.8. The minimum atomic E-state index is -3.91. The summed E-state index contributed by atoms with van der Waals surface area (Å²) in [5, 5.41) is 10.3. The van der Waals surface area contributed by atoms with E-state index in [-0.39, 0.29) is 53.6 Å². The van der Waals surface area contributed by atoms with Crippen molar-refractivity contribution in [3.63, 3.8) is 0 Å². The number of carbonyl (C=O) groups is 1. The molecule has 0 aliphatic carbocycles. The summed E-state index contributed by atoms with van der Waals surface area (Å²) in [5.41, 5.74) is 2.49. The second-order valence-electron chi connectivity index (χ2n) is 13.3. The highest BCUT2D eigenvalue weighted by molar-refractivity contribution is 7.92. The van der Waals surface area contributed by atoms with Crippen LogP contribution in [0.4, 0.5) is 5.69 Å². The fourth-order valence-corrected chi connectivity index (χ4v) is 7.15. The van der Waals surface area contributed by atoms with Crippen LogP contribution in [0.1, 0.15) is 61.5 Å². The molecule has 0 saturated carbocycles. The zero-order valence-corrected chi connectivity index (χ0v) is 29.9. The first-order valence-electron chi connectivity index (χ1n) is 16.9. The minimum absolute atomic E-state index is 0.105. The van der Waals surface area contributed by atoms with E-state index in [1.54, 1.807) is 48.2 Å². The summed E-state index contributed by atoms with van der Waals surface area (Å²) in [5.74, 6) is 1.38. The number of benzene rings is 3. The molecule has 0 unspecified atom stereocenters. The van der Waals surface area contributed by atoms with Crippen LogP contribution < -0.4 is 18.9 Å². The van der Waals surface area contributed by atoms with Crippen LogP contribution in [-0.4, -0.2) is 87.6 Å². The van der Waals surface area contributed by atoms with Crippen molar-refractivity contribution in [3.05, 3.63) is 77.4 Å². The number of amides is 1. The largest absolute Gasteiger partial charge is 0.490 e. The lowest BCUT2D eigenvalue weighted by atomic mass is 10.0. The number of fused-ring (bicyclic) bond motifs is 2. The molecule has 0 spiro atoms. The Morgan fingerprint density at radius 3 is 2.49 bits per heavy atom. The standard InChI is InChI=1S/C37H49N3O8S/c1-25-9-13-31(14-10-25)49(43,44)38-30-12-16-33-32(19-30)37(42)40(27(3)23-41)20-26(2)36(45-17-7-6-8-28(4)48-33)22-39(5)21-29-11-15-34-35(18-29)47-24-46-34/h9-16,18-19,26-28,36,38,41H,6-8,17,20-24H2,1-5H3/t26-,27+,28-,36-/m0/s1. The molecule has 3 aromatic carbocycles. The van der Waals surface area contributed by atoms with Crippen LogP contribution in [0.15, 0.2) is 65.6 Å². The number of hydrogen-bond donors (Lipinski definition) is 2. The van der Waals surface area contributed by atoms with Gasteiger partial charge >= 0.3 is 0 Å². The smallest absolute Gasteiger partial charge is 0.261 e. The lowest BCUT2D eigenvalue weighted by Gasteiger charge is -2.36. The van der Waals surface area contributed by atoms with Crippen LogP contribution in [0.25, 0.3) is 0 Å². The molecule has 2 heterocycles. The van der Waals surface area contributed by atoms with Gasteiger partial charge in [0.2, 0.25) is 6.79 Å². The number of hydrogen-bond acceptors (Lipinski definition) is 9. The number of rotatable bonds is 9. The normalized spacial score (nSPS) is 21.1. The third kappa shape index (κ3) is 9.45. The van der Waals surface area contributed by atoms with Gasteiger partial charge in [-0.3, -0.25) is 14.4 Å². The van der Waals surface area contributed by atoms with Crippen LogP contribution in [0, 0.1) is 12.8 Å². The van der Waals surface area contributed by atoms with Gasteiger partial charge in [-0.25, -0.2) is 8.42 Å². The number of carbonyl (C=O) groups excluding carboxylic acids is 1. The predicted molar refractivity (Wildman–Crippen MR) is 188 cm³/mol. The SMILES string of the molecule is Cc1ccc(S(=O)(=O)Nc2ccc3c(c2)C(=O)N([C@H](C)CO)C[C@H](C)[C@H](CN(C)Cc2ccc4c(c2)OCO4)OCCCC[C@H](C)O3)cc1. The van der Waals surface area contributed by atoms with Crippen molar-refractivity contribution in [2.75, 3.05) is 44.9 Å². The molecule has 0 radical (unpaired) electrons. The van der Waals surface area contributed by atoms with Gasteiger partial charge in [0.25, 0.3) is 15.9 Å². The highest BCUT2D eigenvalue weighted by Crippen LogP contribution is 2.33. The lowest BCUT2D eigenvalue weighted by molar-refractivity contribution is -0.0177. The zero-order valence-electron chi connectivity index (χ0n) is 29.1. The second-order valence-corrected chi connectivity index (χ2v) is 15.0. The summed E-state index contributed by atoms with van der Waals surface area (Å²) in [4.78, 5) is 18.4. The summed E-state index contributed by atoms with van der Waals surface area (Å²) in [6.07, 6.45) is 2.07. The molecule has 11 nitrogen and oxygen atoms in total. The third-order valence-electron chi connectivity index (χ3n) is 9.02. The van der Waals surface area contributed by atoms with Crippen molar-refractivity contribution in [2.24, 2.45) is 5.92 Å². The first-order chi connectivity index (χ1) is 23.4. The van der Waals surface area contributed by atoms with Crippen LogP contribution in [-0.2, 0) is 21.3 Å². The van der Waals surface area contributed by atoms with Crippen molar-refractivity contribution >= 4 is 21.6 Å². The molecule has 2 aliphatic heterocycles. The molecule has 0 saturated heterocycles. The maximum absolute atomic E-state index is 14.4. The fraction of sp³-hybridized carbons (Fsp3) is 0.486. The molecular formula is C37H49N3O8S. The van der Waals surface area contributed by atoms with Gasteiger partial charge in [0.05, 0.1) is 35.3 Å². The van der Waals surface area contributed by atoms with Crippen molar-refractivity contribution in [1.82, 2.24) is 9.80 Å². The summed E-state index contributed by atoms with van der Waals surface area (Å²) in [6.45, 7) is 9.83. The van der Waals surface area contributed by atoms with E-state index < -0.39 is 16.1 Å². The number of aliphatic hydroxyl groups excluding tert-OH is 1. The summed E-state index contributed by atoms with van der Waals surface area (Å²) < 4.78 is 52.9. The number of ether oxygens (including phenoxy) is 4. The van der Waals surface area contributed by atoms with Gasteiger partial charge in [-0.2, -0.15) is 0 Å². The van der Waals surface area contributed by atoms with Gasteiger partial charge in [-0.05, 0) is 95.1 Å². The van der Waals surface area contributed by atoms with E-state index in [2.05, 4.69) is 16.5 Å². The first kappa shape index (κ1) is 36.4. The molecule has 0 aromatic heterocycles. The molecule has 266 valence electrons. The number of aryl methyl sites for hydroxylation is 1. The van der Waals surface area contributed by atoms with Gasteiger partial charge in [0.1, 0.15) is 5.75 Å². The number of nitrogens with one attached hydrogen (secondary N) is 1. The predicted octanol–water partition coefficient (Wildman–Crippen LogP) is 5.45. The Balaban J connectivity index is 1.40. The van der Waals surface area contributed by atoms with Gasteiger partial charge in [0, 0.05) is 37.8 Å². The third-order valence-corrected chi connectivity index (χ3v) is 10.4. The van der Waals surface area contributed by atoms with Gasteiger partial charge in [-0.1, -0.05) is 30.7 Å². The molecule has 2 N–H and O–H groups in total. The van der Waals surface area contributed by atoms with Gasteiger partial charge in [0.15, 0.2) is 11.5 Å². The maximum Gasteiger partial charge on any atom is 0.261 e. The van der Waals surface area contributed by atoms with E-state index in [9.17, 15) is 18.3 Å². The summed E-state index contributed by atoms with van der Waals surface area (Å²) >= 11 is 0. The van der Waals surface area contributed by atoms with E-state index in [0.717, 1.165) is 41.9 Å². The van der Waals surface area contributed by atoms with Crippen LogP contribution in [0.5, 0.6) is 17.2 Å². The molecule has 5 rings (SSSR count). The lowest BCUT2D eigenvalue weighted by Crippen LogP contribution is -2.47. The highest BCUT2D eigenvalue weighted by atomic mass is 32.2. The number of nitrogens with zero attached hydrogens (tertiary/aromatic N) is 2. The molecule has 12 heteroatoms. The van der Waals surface area contributed by atoms with Crippen LogP contribution in [0.3, 0.4) is 0 Å². The quantitative estimate of drug-likeness (QED) is 0.301. The van der Waals surface area contributed by atoms with Crippen molar-refractivity contribution < 1.29 is 37.3 Å². The molecule has 49 heavy (non-hydrogen) atoms. The summed E-state index contributed by atoms with van der Waals surface area (Å²) in [7, 11) is -1.87. The van der Waals surface area contributed by atoms with E-state index in [1.165, 1.54) is 6.07 Å². The fourth-order valence-electron chi connectivity index (χ4n) is 6.10. The van der Waals surface area contributed by atoms with Crippen molar-refractivity contribution in [2.45, 2.75) is 76.6 Å². The Morgan fingerprint density at radius 2 is 1.73 bits per heavy atom. The highest BCUT2D eigenvalue weighted by Gasteiger charge is 2.31. The maximum atomic E-state index is 14.4. The Labute approximate surface area is 290 Å². The topological polar surface area (TPSA) is 127 Å². The molecule has 2 aliphatic rings. The second kappa shape index (κ2) is 16.2. The van der Waals surface area contributed by atoms with E-state index in [1.807, 2.05) is 39.1 Å². The number of aliphatic hydroxyl groups is 1. The number of sulfonamides is 1. The molecule has 4 atom stereocenters.